The van der Waals surface area contributed by atoms with Crippen molar-refractivity contribution < 1.29 is 13.9 Å². The molecule has 0 radical (unpaired) electrons. The SMILES string of the molecule is O=C1Cc2ccccc2C(c2ccccc2)=N[C@@H]1Nc1nnc(-c2cnc(-n3cncn3)nc2N2CCOCC2)o1. The van der Waals surface area contributed by atoms with E-state index in [1.165, 1.54) is 17.3 Å². The zero-order valence-electron chi connectivity index (χ0n) is 21.8. The molecular weight excluding hydrogens is 524 g/mol. The first-order valence-electron chi connectivity index (χ1n) is 13.1. The van der Waals surface area contributed by atoms with Crippen LogP contribution >= 0.6 is 0 Å². The number of Topliss-reactive ketones (excluding diaryl/α,β-unsaturated/α-hetero) is 1. The van der Waals surface area contributed by atoms with Crippen LogP contribution in [0, 0.1) is 0 Å². The molecular formula is C28H24N10O3. The molecule has 41 heavy (non-hydrogen) atoms. The summed E-state index contributed by atoms with van der Waals surface area (Å²) in [6.07, 6.45) is 3.86. The molecule has 0 aliphatic carbocycles. The molecule has 2 aliphatic rings. The van der Waals surface area contributed by atoms with E-state index in [2.05, 4.69) is 35.5 Å². The molecule has 1 N–H and O–H groups in total. The third-order valence-corrected chi connectivity index (χ3v) is 6.85. The number of aromatic nitrogens is 7. The summed E-state index contributed by atoms with van der Waals surface area (Å²) in [4.78, 5) is 33.4. The van der Waals surface area contributed by atoms with Crippen molar-refractivity contribution >= 4 is 23.3 Å². The standard InChI is InChI=1S/C28H24N10O3/c39-22-14-19-8-4-5-9-20(19)23(18-6-2-1-3-7-18)32-24(22)33-28-36-35-26(41-28)21-15-30-27(38-17-29-16-31-38)34-25(21)37-10-12-40-13-11-37/h1-9,15-17,24H,10-14H2,(H,33,36)/t24-/m1/s1. The first-order valence-corrected chi connectivity index (χ1v) is 13.1. The summed E-state index contributed by atoms with van der Waals surface area (Å²) in [6.45, 7) is 2.39. The van der Waals surface area contributed by atoms with Crippen LogP contribution in [0.4, 0.5) is 11.8 Å². The molecule has 2 aliphatic heterocycles. The van der Waals surface area contributed by atoms with E-state index in [0.717, 1.165) is 22.4 Å². The van der Waals surface area contributed by atoms with Crippen LogP contribution < -0.4 is 10.2 Å². The number of ketones is 1. The maximum Gasteiger partial charge on any atom is 0.317 e. The number of rotatable bonds is 6. The van der Waals surface area contributed by atoms with Gasteiger partial charge in [0.2, 0.25) is 0 Å². The molecule has 2 aromatic carbocycles. The van der Waals surface area contributed by atoms with Crippen molar-refractivity contribution in [2.75, 3.05) is 36.5 Å². The highest BCUT2D eigenvalue weighted by molar-refractivity contribution is 6.16. The Morgan fingerprint density at radius 3 is 2.61 bits per heavy atom. The van der Waals surface area contributed by atoms with Gasteiger partial charge in [-0.05, 0) is 5.56 Å². The van der Waals surface area contributed by atoms with Gasteiger partial charge in [0.15, 0.2) is 11.9 Å². The largest absolute Gasteiger partial charge is 0.403 e. The number of ether oxygens (including phenoxy) is 1. The molecule has 0 saturated carbocycles. The number of morpholine rings is 1. The highest BCUT2D eigenvalue weighted by Gasteiger charge is 2.28. The molecule has 13 nitrogen and oxygen atoms in total. The van der Waals surface area contributed by atoms with E-state index in [1.807, 2.05) is 54.6 Å². The van der Waals surface area contributed by atoms with Gasteiger partial charge in [-0.25, -0.2) is 9.97 Å². The van der Waals surface area contributed by atoms with Crippen LogP contribution in [0.2, 0.25) is 0 Å². The summed E-state index contributed by atoms with van der Waals surface area (Å²) in [5.41, 5.74) is 4.01. The highest BCUT2D eigenvalue weighted by Crippen LogP contribution is 2.30. The summed E-state index contributed by atoms with van der Waals surface area (Å²) >= 11 is 0. The Kier molecular flexibility index (Phi) is 6.45. The van der Waals surface area contributed by atoms with E-state index in [0.29, 0.717) is 43.6 Å². The van der Waals surface area contributed by atoms with Gasteiger partial charge in [0.1, 0.15) is 18.5 Å². The van der Waals surface area contributed by atoms with E-state index in [4.69, 9.17) is 19.1 Å². The lowest BCUT2D eigenvalue weighted by Gasteiger charge is -2.28. The Bertz CT molecular complexity index is 1710. The maximum absolute atomic E-state index is 13.3. The van der Waals surface area contributed by atoms with Crippen LogP contribution in [0.15, 0.2) is 82.9 Å². The molecule has 0 bridgehead atoms. The van der Waals surface area contributed by atoms with E-state index in [9.17, 15) is 4.79 Å². The Balaban J connectivity index is 1.22. The van der Waals surface area contributed by atoms with Gasteiger partial charge in [0.25, 0.3) is 11.8 Å². The lowest BCUT2D eigenvalue weighted by molar-refractivity contribution is -0.119. The molecule has 1 fully saturated rings. The molecule has 13 heteroatoms. The first-order chi connectivity index (χ1) is 20.2. The highest BCUT2D eigenvalue weighted by atomic mass is 16.5. The Hall–Kier alpha value is -5.30. The van der Waals surface area contributed by atoms with Gasteiger partial charge in [-0.2, -0.15) is 14.8 Å². The number of nitrogens with one attached hydrogen (secondary N) is 1. The average Bonchev–Trinajstić information content (AvgIpc) is 3.71. The zero-order valence-corrected chi connectivity index (χ0v) is 21.8. The van der Waals surface area contributed by atoms with Crippen LogP contribution in [-0.2, 0) is 16.0 Å². The van der Waals surface area contributed by atoms with Crippen molar-refractivity contribution in [1.82, 2.24) is 34.9 Å². The number of aliphatic imine (C=N–C) groups is 1. The Labute approximate surface area is 234 Å². The minimum atomic E-state index is -0.921. The Morgan fingerprint density at radius 1 is 0.951 bits per heavy atom. The number of carbonyl (C=O) groups excluding carboxylic acids is 1. The second kappa shape index (κ2) is 10.7. The van der Waals surface area contributed by atoms with Gasteiger partial charge in [-0.15, -0.1) is 5.10 Å². The third kappa shape index (κ3) is 4.94. The topological polar surface area (TPSA) is 149 Å². The van der Waals surface area contributed by atoms with Gasteiger partial charge in [-0.3, -0.25) is 9.79 Å². The van der Waals surface area contributed by atoms with Gasteiger partial charge in [0.05, 0.1) is 24.5 Å². The summed E-state index contributed by atoms with van der Waals surface area (Å²) in [5.74, 6) is 1.06. The van der Waals surface area contributed by atoms with Crippen LogP contribution in [-0.4, -0.2) is 78.9 Å². The molecule has 3 aromatic heterocycles. The van der Waals surface area contributed by atoms with Crippen LogP contribution in [0.1, 0.15) is 16.7 Å². The normalized spacial score (nSPS) is 17.1. The minimum Gasteiger partial charge on any atom is -0.403 e. The van der Waals surface area contributed by atoms with Crippen LogP contribution in [0.3, 0.4) is 0 Å². The quantitative estimate of drug-likeness (QED) is 0.333. The van der Waals surface area contributed by atoms with Crippen molar-refractivity contribution in [2.24, 2.45) is 4.99 Å². The summed E-state index contributed by atoms with van der Waals surface area (Å²) in [5, 5.41) is 15.6. The number of benzene rings is 2. The molecule has 0 unspecified atom stereocenters. The molecule has 1 atom stereocenters. The molecule has 7 rings (SSSR count). The number of fused-ring (bicyclic) bond motifs is 1. The monoisotopic (exact) mass is 548 g/mol. The van der Waals surface area contributed by atoms with Gasteiger partial charge >= 0.3 is 6.01 Å². The first kappa shape index (κ1) is 24.7. The summed E-state index contributed by atoms with van der Waals surface area (Å²) in [6, 6.07) is 17.7. The van der Waals surface area contributed by atoms with E-state index in [1.54, 1.807) is 6.20 Å². The van der Waals surface area contributed by atoms with E-state index >= 15 is 0 Å². The minimum absolute atomic E-state index is 0.0637. The van der Waals surface area contributed by atoms with Crippen molar-refractivity contribution in [3.63, 3.8) is 0 Å². The predicted molar refractivity (Wildman–Crippen MR) is 148 cm³/mol. The molecule has 0 spiro atoms. The van der Waals surface area contributed by atoms with E-state index in [-0.39, 0.29) is 24.1 Å². The smallest absolute Gasteiger partial charge is 0.317 e. The number of anilines is 2. The fourth-order valence-corrected chi connectivity index (χ4v) is 4.86. The zero-order chi connectivity index (χ0) is 27.6. The second-order valence-corrected chi connectivity index (χ2v) is 9.45. The summed E-state index contributed by atoms with van der Waals surface area (Å²) in [7, 11) is 0. The predicted octanol–water partition coefficient (Wildman–Crippen LogP) is 2.34. The van der Waals surface area contributed by atoms with Crippen LogP contribution in [0.25, 0.3) is 17.4 Å². The van der Waals surface area contributed by atoms with Crippen molar-refractivity contribution in [1.29, 1.82) is 0 Å². The molecule has 204 valence electrons. The number of nitrogens with zero attached hydrogens (tertiary/aromatic N) is 9. The fraction of sp³-hybridized carbons (Fsp3) is 0.214. The molecule has 5 heterocycles. The van der Waals surface area contributed by atoms with Gasteiger partial charge in [0, 0.05) is 36.8 Å². The third-order valence-electron chi connectivity index (χ3n) is 6.85. The van der Waals surface area contributed by atoms with Gasteiger partial charge < -0.3 is 19.4 Å². The van der Waals surface area contributed by atoms with Crippen molar-refractivity contribution in [3.05, 3.63) is 90.1 Å². The van der Waals surface area contributed by atoms with Crippen molar-refractivity contribution in [2.45, 2.75) is 12.6 Å². The van der Waals surface area contributed by atoms with Crippen molar-refractivity contribution in [3.8, 4) is 17.4 Å². The molecule has 5 aromatic rings. The number of hydrogen-bond acceptors (Lipinski definition) is 12. The van der Waals surface area contributed by atoms with Gasteiger partial charge in [-0.1, -0.05) is 59.7 Å². The lowest BCUT2D eigenvalue weighted by Crippen LogP contribution is -2.37. The molecule has 1 saturated heterocycles. The second-order valence-electron chi connectivity index (χ2n) is 9.45. The lowest BCUT2D eigenvalue weighted by atomic mass is 9.96. The Morgan fingerprint density at radius 2 is 1.78 bits per heavy atom. The fourth-order valence-electron chi connectivity index (χ4n) is 4.86. The average molecular weight is 549 g/mol. The van der Waals surface area contributed by atoms with Crippen LogP contribution in [0.5, 0.6) is 0 Å². The number of hydrogen-bond donors (Lipinski definition) is 1. The number of carbonyl (C=O) groups is 1. The maximum atomic E-state index is 13.3. The summed E-state index contributed by atoms with van der Waals surface area (Å²) < 4.78 is 13.0. The molecule has 0 amide bonds. The van der Waals surface area contributed by atoms with E-state index < -0.39 is 6.17 Å².